The van der Waals surface area contributed by atoms with Crippen molar-refractivity contribution >= 4 is 11.9 Å². The molecule has 0 spiro atoms. The Labute approximate surface area is 151 Å². The van der Waals surface area contributed by atoms with Crippen molar-refractivity contribution in [1.29, 1.82) is 0 Å². The van der Waals surface area contributed by atoms with E-state index in [4.69, 9.17) is 4.74 Å². The van der Waals surface area contributed by atoms with E-state index in [0.29, 0.717) is 19.7 Å². The molecule has 0 saturated heterocycles. The van der Waals surface area contributed by atoms with Crippen molar-refractivity contribution in [3.63, 3.8) is 0 Å². The van der Waals surface area contributed by atoms with Crippen molar-refractivity contribution in [2.24, 2.45) is 10.4 Å². The van der Waals surface area contributed by atoms with Gasteiger partial charge in [-0.15, -0.1) is 0 Å². The van der Waals surface area contributed by atoms with E-state index in [1.807, 2.05) is 51.8 Å². The van der Waals surface area contributed by atoms with Crippen molar-refractivity contribution < 1.29 is 9.53 Å². The number of aliphatic imine (C=N–C) groups is 1. The number of carbonyl (C=O) groups excluding carboxylic acids is 1. The van der Waals surface area contributed by atoms with Crippen LogP contribution in [0.25, 0.3) is 0 Å². The molecule has 0 radical (unpaired) electrons. The number of ether oxygens (including phenoxy) is 1. The summed E-state index contributed by atoms with van der Waals surface area (Å²) in [6, 6.07) is 8.06. The van der Waals surface area contributed by atoms with Crippen LogP contribution in [0.4, 0.5) is 0 Å². The second kappa shape index (κ2) is 9.91. The largest absolute Gasteiger partial charge is 0.494 e. The number of amides is 1. The normalized spacial score (nSPS) is 11.8. The molecular formula is C19H32N4O2. The smallest absolute Gasteiger partial charge is 0.225 e. The van der Waals surface area contributed by atoms with E-state index < -0.39 is 0 Å². The zero-order valence-electron chi connectivity index (χ0n) is 16.3. The second-order valence-electron chi connectivity index (χ2n) is 6.91. The summed E-state index contributed by atoms with van der Waals surface area (Å²) in [4.78, 5) is 18.2. The van der Waals surface area contributed by atoms with Crippen molar-refractivity contribution in [2.75, 3.05) is 33.8 Å². The van der Waals surface area contributed by atoms with E-state index in [0.717, 1.165) is 18.3 Å². The number of nitrogens with zero attached hydrogens (tertiary/aromatic N) is 2. The number of guanidine groups is 1. The van der Waals surface area contributed by atoms with Crippen LogP contribution < -0.4 is 15.4 Å². The standard InChI is InChI=1S/C19H32N4O2/c1-7-25-16-10-8-15(9-11-16)14-23(6)18(20-5)22-13-12-21-17(24)19(2,3)4/h8-11H,7,12-14H2,1-6H3,(H,20,22)(H,21,24). The average molecular weight is 348 g/mol. The molecule has 0 aliphatic carbocycles. The molecule has 25 heavy (non-hydrogen) atoms. The van der Waals surface area contributed by atoms with Gasteiger partial charge in [-0.1, -0.05) is 32.9 Å². The first kappa shape index (κ1) is 20.8. The SMILES string of the molecule is CCOc1ccc(CN(C)C(=NC)NCCNC(=O)C(C)(C)C)cc1. The molecule has 2 N–H and O–H groups in total. The van der Waals surface area contributed by atoms with Crippen LogP contribution in [0.2, 0.25) is 0 Å². The Morgan fingerprint density at radius 2 is 1.76 bits per heavy atom. The highest BCUT2D eigenvalue weighted by atomic mass is 16.5. The van der Waals surface area contributed by atoms with E-state index in [-0.39, 0.29) is 11.3 Å². The van der Waals surface area contributed by atoms with Crippen molar-refractivity contribution in [1.82, 2.24) is 15.5 Å². The van der Waals surface area contributed by atoms with Crippen LogP contribution in [0, 0.1) is 5.41 Å². The Morgan fingerprint density at radius 1 is 1.16 bits per heavy atom. The van der Waals surface area contributed by atoms with Gasteiger partial charge in [-0.2, -0.15) is 0 Å². The predicted octanol–water partition coefficient (Wildman–Crippen LogP) is 2.25. The summed E-state index contributed by atoms with van der Waals surface area (Å²) in [7, 11) is 3.74. The first-order valence-electron chi connectivity index (χ1n) is 8.69. The van der Waals surface area contributed by atoms with Gasteiger partial charge in [-0.25, -0.2) is 0 Å². The Bertz CT molecular complexity index is 562. The molecule has 6 heteroatoms. The highest BCUT2D eigenvalue weighted by Crippen LogP contribution is 2.13. The van der Waals surface area contributed by atoms with Gasteiger partial charge in [0.2, 0.25) is 5.91 Å². The van der Waals surface area contributed by atoms with Crippen LogP contribution in [-0.2, 0) is 11.3 Å². The van der Waals surface area contributed by atoms with E-state index >= 15 is 0 Å². The third-order valence-electron chi connectivity index (χ3n) is 3.60. The zero-order chi connectivity index (χ0) is 18.9. The lowest BCUT2D eigenvalue weighted by molar-refractivity contribution is -0.128. The van der Waals surface area contributed by atoms with Gasteiger partial charge in [-0.05, 0) is 24.6 Å². The van der Waals surface area contributed by atoms with Gasteiger partial charge in [0.1, 0.15) is 5.75 Å². The van der Waals surface area contributed by atoms with Gasteiger partial charge < -0.3 is 20.3 Å². The van der Waals surface area contributed by atoms with E-state index in [9.17, 15) is 4.79 Å². The summed E-state index contributed by atoms with van der Waals surface area (Å²) in [5.74, 6) is 1.72. The first-order valence-corrected chi connectivity index (χ1v) is 8.69. The maximum atomic E-state index is 11.8. The fourth-order valence-corrected chi connectivity index (χ4v) is 2.21. The maximum Gasteiger partial charge on any atom is 0.225 e. The first-order chi connectivity index (χ1) is 11.8. The maximum absolute atomic E-state index is 11.8. The lowest BCUT2D eigenvalue weighted by Gasteiger charge is -2.23. The molecule has 1 amide bonds. The van der Waals surface area contributed by atoms with E-state index in [2.05, 4.69) is 27.8 Å². The molecule has 6 nitrogen and oxygen atoms in total. The molecule has 0 aliphatic heterocycles. The third-order valence-corrected chi connectivity index (χ3v) is 3.60. The molecule has 0 aromatic heterocycles. The molecule has 140 valence electrons. The summed E-state index contributed by atoms with van der Waals surface area (Å²) in [5.41, 5.74) is 0.807. The van der Waals surface area contributed by atoms with Gasteiger partial charge in [0.25, 0.3) is 0 Å². The summed E-state index contributed by atoms with van der Waals surface area (Å²) in [6.45, 7) is 10.3. The number of carbonyl (C=O) groups is 1. The summed E-state index contributed by atoms with van der Waals surface area (Å²) >= 11 is 0. The molecule has 0 heterocycles. The van der Waals surface area contributed by atoms with E-state index in [1.54, 1.807) is 7.05 Å². The van der Waals surface area contributed by atoms with Crippen LogP contribution in [0.5, 0.6) is 5.75 Å². The summed E-state index contributed by atoms with van der Waals surface area (Å²) < 4.78 is 5.46. The summed E-state index contributed by atoms with van der Waals surface area (Å²) in [5, 5.41) is 6.18. The zero-order valence-corrected chi connectivity index (χ0v) is 16.3. The molecule has 1 aromatic rings. The number of hydrogen-bond acceptors (Lipinski definition) is 3. The van der Waals surface area contributed by atoms with Crippen molar-refractivity contribution in [2.45, 2.75) is 34.2 Å². The minimum Gasteiger partial charge on any atom is -0.494 e. The lowest BCUT2D eigenvalue weighted by atomic mass is 9.96. The minimum absolute atomic E-state index is 0.0482. The average Bonchev–Trinajstić information content (AvgIpc) is 2.55. The molecular weight excluding hydrogens is 316 g/mol. The van der Waals surface area contributed by atoms with Crippen molar-refractivity contribution in [3.05, 3.63) is 29.8 Å². The second-order valence-corrected chi connectivity index (χ2v) is 6.91. The fourth-order valence-electron chi connectivity index (χ4n) is 2.21. The van der Waals surface area contributed by atoms with Gasteiger partial charge in [0.15, 0.2) is 5.96 Å². The molecule has 0 aliphatic rings. The predicted molar refractivity (Wildman–Crippen MR) is 103 cm³/mol. The highest BCUT2D eigenvalue weighted by molar-refractivity contribution is 5.81. The minimum atomic E-state index is -0.369. The molecule has 1 rings (SSSR count). The molecule has 0 atom stereocenters. The fraction of sp³-hybridized carbons (Fsp3) is 0.579. The third kappa shape index (κ3) is 7.45. The number of hydrogen-bond donors (Lipinski definition) is 2. The Hall–Kier alpha value is -2.24. The van der Waals surface area contributed by atoms with Crippen LogP contribution in [0.1, 0.15) is 33.3 Å². The molecule has 0 fully saturated rings. The monoisotopic (exact) mass is 348 g/mol. The molecule has 0 bridgehead atoms. The van der Waals surface area contributed by atoms with Gasteiger partial charge in [0.05, 0.1) is 6.61 Å². The van der Waals surface area contributed by atoms with Crippen molar-refractivity contribution in [3.8, 4) is 5.75 Å². The van der Waals surface area contributed by atoms with Gasteiger partial charge >= 0.3 is 0 Å². The van der Waals surface area contributed by atoms with Crippen LogP contribution >= 0.6 is 0 Å². The topological polar surface area (TPSA) is 66.0 Å². The lowest BCUT2D eigenvalue weighted by Crippen LogP contribution is -2.43. The molecule has 1 aromatic carbocycles. The Morgan fingerprint density at radius 3 is 2.28 bits per heavy atom. The highest BCUT2D eigenvalue weighted by Gasteiger charge is 2.20. The Kier molecular flexibility index (Phi) is 8.25. The number of benzene rings is 1. The number of rotatable bonds is 7. The quantitative estimate of drug-likeness (QED) is 0.451. The van der Waals surface area contributed by atoms with E-state index in [1.165, 1.54) is 5.56 Å². The van der Waals surface area contributed by atoms with Crippen LogP contribution in [-0.4, -0.2) is 50.6 Å². The molecule has 0 saturated carbocycles. The summed E-state index contributed by atoms with van der Waals surface area (Å²) in [6.07, 6.45) is 0. The molecule has 0 unspecified atom stereocenters. The van der Waals surface area contributed by atoms with Crippen LogP contribution in [0.15, 0.2) is 29.3 Å². The van der Waals surface area contributed by atoms with Crippen LogP contribution in [0.3, 0.4) is 0 Å². The Balaban J connectivity index is 2.44. The van der Waals surface area contributed by atoms with Gasteiger partial charge in [0, 0.05) is 39.1 Å². The van der Waals surface area contributed by atoms with Gasteiger partial charge in [-0.3, -0.25) is 9.79 Å². The number of nitrogens with one attached hydrogen (secondary N) is 2.